The molecule has 0 unspecified atom stereocenters. The van der Waals surface area contributed by atoms with Crippen molar-refractivity contribution in [3.63, 3.8) is 0 Å². The molecule has 0 radical (unpaired) electrons. The van der Waals surface area contributed by atoms with E-state index >= 15 is 0 Å². The number of hydrogen-bond donors (Lipinski definition) is 0. The van der Waals surface area contributed by atoms with Gasteiger partial charge in [-0.1, -0.05) is 48.5 Å². The van der Waals surface area contributed by atoms with Gasteiger partial charge in [-0.3, -0.25) is 4.98 Å². The van der Waals surface area contributed by atoms with Gasteiger partial charge in [-0.15, -0.1) is 0 Å². The Hall–Kier alpha value is -4.57. The third kappa shape index (κ3) is 2.38. The molecule has 4 heteroatoms. The zero-order valence-corrected chi connectivity index (χ0v) is 19.4. The van der Waals surface area contributed by atoms with E-state index in [2.05, 4.69) is 96.0 Å². The summed E-state index contributed by atoms with van der Waals surface area (Å²) in [5.74, 6) is 0. The first-order chi connectivity index (χ1) is 17.2. The Bertz CT molecular complexity index is 2140. The lowest BCUT2D eigenvalue weighted by Gasteiger charge is -2.05. The second kappa shape index (κ2) is 6.51. The van der Waals surface area contributed by atoms with Crippen LogP contribution in [0.3, 0.4) is 0 Å². The van der Waals surface area contributed by atoms with Crippen molar-refractivity contribution in [1.29, 1.82) is 0 Å². The lowest BCUT2D eigenvalue weighted by molar-refractivity contribution is 0.669. The van der Waals surface area contributed by atoms with Crippen LogP contribution in [0.5, 0.6) is 0 Å². The average molecular weight is 452 g/mol. The van der Waals surface area contributed by atoms with Crippen molar-refractivity contribution < 1.29 is 4.42 Å². The number of aryl methyl sites for hydroxylation is 2. The van der Waals surface area contributed by atoms with E-state index in [0.29, 0.717) is 0 Å². The Morgan fingerprint density at radius 3 is 2.26 bits per heavy atom. The first kappa shape index (κ1) is 18.8. The maximum atomic E-state index is 6.17. The number of aromatic nitrogens is 3. The molecule has 166 valence electrons. The molecular weight excluding hydrogens is 430 g/mol. The van der Waals surface area contributed by atoms with Crippen LogP contribution in [-0.4, -0.2) is 14.1 Å². The molecule has 0 aliphatic rings. The Kier molecular flexibility index (Phi) is 3.50. The predicted molar refractivity (Wildman–Crippen MR) is 145 cm³/mol. The van der Waals surface area contributed by atoms with Crippen molar-refractivity contribution in [2.75, 3.05) is 0 Å². The molecular formula is C31H21N3O. The fourth-order valence-electron chi connectivity index (χ4n) is 5.88. The monoisotopic (exact) mass is 451 g/mol. The molecule has 0 saturated heterocycles. The molecule has 0 N–H and O–H groups in total. The van der Waals surface area contributed by atoms with E-state index in [9.17, 15) is 0 Å². The van der Waals surface area contributed by atoms with Gasteiger partial charge in [0.1, 0.15) is 11.2 Å². The summed E-state index contributed by atoms with van der Waals surface area (Å²) in [5.41, 5.74) is 8.76. The summed E-state index contributed by atoms with van der Waals surface area (Å²) in [7, 11) is 4.27. The Labute approximate surface area is 200 Å². The molecule has 0 bridgehead atoms. The summed E-state index contributed by atoms with van der Waals surface area (Å²) < 4.78 is 10.7. The highest BCUT2D eigenvalue weighted by atomic mass is 16.3. The molecule has 4 heterocycles. The molecule has 0 atom stereocenters. The number of pyridine rings is 1. The van der Waals surface area contributed by atoms with Crippen molar-refractivity contribution in [1.82, 2.24) is 14.1 Å². The van der Waals surface area contributed by atoms with E-state index in [4.69, 9.17) is 9.40 Å². The number of furan rings is 1. The van der Waals surface area contributed by atoms with Crippen LogP contribution in [0.25, 0.3) is 76.8 Å². The van der Waals surface area contributed by atoms with Crippen molar-refractivity contribution in [2.45, 2.75) is 0 Å². The SMILES string of the molecule is Cn1c2ccccc2c2cnc(-c3ccc4c5c6c(ccc5n(C)c4c3)oc3ccccc36)cc21. The van der Waals surface area contributed by atoms with Crippen molar-refractivity contribution >= 4 is 65.6 Å². The summed E-state index contributed by atoms with van der Waals surface area (Å²) in [6.07, 6.45) is 2.01. The predicted octanol–water partition coefficient (Wildman–Crippen LogP) is 7.94. The van der Waals surface area contributed by atoms with Crippen LogP contribution >= 0.6 is 0 Å². The van der Waals surface area contributed by atoms with E-state index < -0.39 is 0 Å². The quantitative estimate of drug-likeness (QED) is 0.254. The third-order valence-electron chi connectivity index (χ3n) is 7.61. The highest BCUT2D eigenvalue weighted by molar-refractivity contribution is 6.27. The van der Waals surface area contributed by atoms with E-state index in [0.717, 1.165) is 27.8 Å². The fourth-order valence-corrected chi connectivity index (χ4v) is 5.88. The van der Waals surface area contributed by atoms with Gasteiger partial charge in [-0.25, -0.2) is 0 Å². The lowest BCUT2D eigenvalue weighted by atomic mass is 10.0. The number of nitrogens with zero attached hydrogens (tertiary/aromatic N) is 3. The second-order valence-electron chi connectivity index (χ2n) is 9.38. The van der Waals surface area contributed by atoms with Gasteiger partial charge in [0.25, 0.3) is 0 Å². The molecule has 4 aromatic carbocycles. The third-order valence-corrected chi connectivity index (χ3v) is 7.61. The Balaban J connectivity index is 1.40. The van der Waals surface area contributed by atoms with Crippen LogP contribution in [0, 0.1) is 0 Å². The van der Waals surface area contributed by atoms with Crippen molar-refractivity contribution in [3.05, 3.63) is 91.1 Å². The maximum Gasteiger partial charge on any atom is 0.136 e. The molecule has 35 heavy (non-hydrogen) atoms. The molecule has 0 saturated carbocycles. The van der Waals surface area contributed by atoms with E-state index in [1.165, 1.54) is 49.0 Å². The van der Waals surface area contributed by atoms with E-state index in [1.54, 1.807) is 0 Å². The molecule has 0 fully saturated rings. The molecule has 0 amide bonds. The van der Waals surface area contributed by atoms with Gasteiger partial charge < -0.3 is 13.6 Å². The summed E-state index contributed by atoms with van der Waals surface area (Å²) in [6, 6.07) is 30.0. The first-order valence-electron chi connectivity index (χ1n) is 11.8. The standard InChI is InChI=1S/C31H21N3O/c1-33-24-9-5-3-7-19(24)22-17-32-23(16-27(22)33)18-11-12-20-26(15-18)34(2)25-13-14-29-31(30(20)25)21-8-4-6-10-28(21)35-29/h3-17H,1-2H3. The van der Waals surface area contributed by atoms with Crippen molar-refractivity contribution in [2.24, 2.45) is 14.1 Å². The van der Waals surface area contributed by atoms with Gasteiger partial charge in [0.15, 0.2) is 0 Å². The van der Waals surface area contributed by atoms with Gasteiger partial charge in [0.05, 0.1) is 11.2 Å². The minimum atomic E-state index is 0.927. The molecule has 4 aromatic heterocycles. The topological polar surface area (TPSA) is 35.9 Å². The normalized spacial score (nSPS) is 12.3. The number of hydrogen-bond acceptors (Lipinski definition) is 2. The largest absolute Gasteiger partial charge is 0.456 e. The Morgan fingerprint density at radius 1 is 0.571 bits per heavy atom. The van der Waals surface area contributed by atoms with E-state index in [1.807, 2.05) is 18.3 Å². The zero-order valence-electron chi connectivity index (χ0n) is 19.4. The molecule has 0 spiro atoms. The fraction of sp³-hybridized carbons (Fsp3) is 0.0645. The van der Waals surface area contributed by atoms with Crippen LogP contribution in [0.4, 0.5) is 0 Å². The van der Waals surface area contributed by atoms with Crippen LogP contribution in [0.2, 0.25) is 0 Å². The molecule has 0 aliphatic carbocycles. The van der Waals surface area contributed by atoms with Gasteiger partial charge in [0, 0.05) is 74.7 Å². The molecule has 4 nitrogen and oxygen atoms in total. The van der Waals surface area contributed by atoms with Crippen LogP contribution < -0.4 is 0 Å². The van der Waals surface area contributed by atoms with Gasteiger partial charge >= 0.3 is 0 Å². The van der Waals surface area contributed by atoms with Gasteiger partial charge in [-0.2, -0.15) is 0 Å². The second-order valence-corrected chi connectivity index (χ2v) is 9.38. The van der Waals surface area contributed by atoms with Gasteiger partial charge in [0.2, 0.25) is 0 Å². The minimum Gasteiger partial charge on any atom is -0.456 e. The summed E-state index contributed by atoms with van der Waals surface area (Å²) in [4.78, 5) is 4.88. The summed E-state index contributed by atoms with van der Waals surface area (Å²) in [5, 5.41) is 7.25. The van der Waals surface area contributed by atoms with Crippen LogP contribution in [-0.2, 0) is 14.1 Å². The first-order valence-corrected chi connectivity index (χ1v) is 11.8. The smallest absolute Gasteiger partial charge is 0.136 e. The number of benzene rings is 4. The zero-order chi connectivity index (χ0) is 23.3. The lowest BCUT2D eigenvalue weighted by Crippen LogP contribution is -1.90. The van der Waals surface area contributed by atoms with Crippen LogP contribution in [0.15, 0.2) is 95.5 Å². The minimum absolute atomic E-state index is 0.927. The van der Waals surface area contributed by atoms with Gasteiger partial charge in [-0.05, 0) is 36.4 Å². The summed E-state index contributed by atoms with van der Waals surface area (Å²) in [6.45, 7) is 0. The number of rotatable bonds is 1. The molecule has 0 aliphatic heterocycles. The number of fused-ring (bicyclic) bond motifs is 10. The molecule has 8 aromatic rings. The number of para-hydroxylation sites is 2. The maximum absolute atomic E-state index is 6.17. The Morgan fingerprint density at radius 2 is 1.34 bits per heavy atom. The molecule has 8 rings (SSSR count). The van der Waals surface area contributed by atoms with E-state index in [-0.39, 0.29) is 0 Å². The van der Waals surface area contributed by atoms with Crippen LogP contribution in [0.1, 0.15) is 0 Å². The van der Waals surface area contributed by atoms with Crippen molar-refractivity contribution in [3.8, 4) is 11.3 Å². The highest BCUT2D eigenvalue weighted by Crippen LogP contribution is 2.40. The average Bonchev–Trinajstić information content (AvgIpc) is 3.52. The highest BCUT2D eigenvalue weighted by Gasteiger charge is 2.17. The summed E-state index contributed by atoms with van der Waals surface area (Å²) >= 11 is 0.